The molecule has 0 bridgehead atoms. The Morgan fingerprint density at radius 3 is 2.79 bits per heavy atom. The fraction of sp³-hybridized carbons (Fsp3) is 0.885. The number of allylic oxidation sites excluding steroid dienone is 1. The number of rotatable bonds is 5. The van der Waals surface area contributed by atoms with Gasteiger partial charge in [-0.1, -0.05) is 26.3 Å². The van der Waals surface area contributed by atoms with Crippen LogP contribution in [-0.2, 0) is 9.53 Å². The van der Waals surface area contributed by atoms with E-state index in [1.165, 1.54) is 44.1 Å². The van der Waals surface area contributed by atoms with E-state index in [0.717, 1.165) is 67.5 Å². The van der Waals surface area contributed by atoms with Crippen molar-refractivity contribution in [2.45, 2.75) is 79.1 Å². The molecule has 4 fully saturated rings. The predicted octanol–water partition coefficient (Wildman–Crippen LogP) is 6.05. The molecule has 0 aromatic rings. The lowest BCUT2D eigenvalue weighted by Crippen LogP contribution is -2.54. The molecule has 0 unspecified atom stereocenters. The van der Waals surface area contributed by atoms with Crippen LogP contribution in [0.1, 0.15) is 79.1 Å². The summed E-state index contributed by atoms with van der Waals surface area (Å²) in [7, 11) is 0. The van der Waals surface area contributed by atoms with Crippen LogP contribution < -0.4 is 0 Å². The molecule has 9 atom stereocenters. The SMILES string of the molecule is CCOCC[C@@]1(C)[C@H]2C[C@H]2[C@H]2[C@H]3[C@H](CC[C@@]21CC)[C@H]1CCC(=O)C=C1C[C@H]3C. The first-order valence-electron chi connectivity index (χ1n) is 12.3. The lowest BCUT2D eigenvalue weighted by Gasteiger charge is -2.61. The molecule has 2 heteroatoms. The summed E-state index contributed by atoms with van der Waals surface area (Å²) in [4.78, 5) is 12.0. The third-order valence-corrected chi connectivity index (χ3v) is 10.6. The van der Waals surface area contributed by atoms with Crippen LogP contribution in [0, 0.1) is 52.3 Å². The fourth-order valence-electron chi connectivity index (χ4n) is 9.49. The molecule has 5 aliphatic carbocycles. The standard InChI is InChI=1S/C26H40O2/c1-5-26-10-9-20-19-8-7-18(27)14-17(19)13-16(3)23(20)24(26)21-15-22(21)25(26,4)11-12-28-6-2/h14,16,19-24H,5-13,15H2,1-4H3/t16-,19+,20-,21-,22+,23-,24+,25+,26+/m1/s1. The van der Waals surface area contributed by atoms with Gasteiger partial charge in [-0.3, -0.25) is 4.79 Å². The second-order valence-electron chi connectivity index (χ2n) is 11.2. The van der Waals surface area contributed by atoms with Crippen LogP contribution in [0.4, 0.5) is 0 Å². The van der Waals surface area contributed by atoms with E-state index in [4.69, 9.17) is 4.74 Å². The van der Waals surface area contributed by atoms with Crippen molar-refractivity contribution >= 4 is 5.78 Å². The molecule has 2 nitrogen and oxygen atoms in total. The second kappa shape index (κ2) is 6.69. The van der Waals surface area contributed by atoms with E-state index < -0.39 is 0 Å². The zero-order valence-electron chi connectivity index (χ0n) is 18.5. The minimum atomic E-state index is 0.391. The first kappa shape index (κ1) is 19.3. The molecular formula is C26H40O2. The van der Waals surface area contributed by atoms with Crippen molar-refractivity contribution in [1.29, 1.82) is 0 Å². The van der Waals surface area contributed by atoms with Gasteiger partial charge in [-0.05, 0) is 110 Å². The summed E-state index contributed by atoms with van der Waals surface area (Å²) in [5.74, 6) is 6.48. The maximum absolute atomic E-state index is 12.0. The van der Waals surface area contributed by atoms with Crippen LogP contribution in [0.15, 0.2) is 11.6 Å². The Hall–Kier alpha value is -0.630. The number of hydrogen-bond acceptors (Lipinski definition) is 2. The summed E-state index contributed by atoms with van der Waals surface area (Å²) in [6, 6.07) is 0. The van der Waals surface area contributed by atoms with Gasteiger partial charge in [0.1, 0.15) is 0 Å². The van der Waals surface area contributed by atoms with Crippen molar-refractivity contribution in [3.05, 3.63) is 11.6 Å². The van der Waals surface area contributed by atoms with Gasteiger partial charge in [0, 0.05) is 19.6 Å². The zero-order valence-corrected chi connectivity index (χ0v) is 18.5. The monoisotopic (exact) mass is 384 g/mol. The van der Waals surface area contributed by atoms with E-state index in [1.807, 2.05) is 0 Å². The summed E-state index contributed by atoms with van der Waals surface area (Å²) in [6.07, 6.45) is 12.1. The first-order chi connectivity index (χ1) is 13.5. The minimum absolute atomic E-state index is 0.391. The van der Waals surface area contributed by atoms with Gasteiger partial charge in [0.2, 0.25) is 0 Å². The van der Waals surface area contributed by atoms with Gasteiger partial charge in [-0.15, -0.1) is 0 Å². The van der Waals surface area contributed by atoms with E-state index in [0.29, 0.717) is 16.6 Å². The smallest absolute Gasteiger partial charge is 0.155 e. The Morgan fingerprint density at radius 2 is 2.04 bits per heavy atom. The number of ketones is 1. The first-order valence-corrected chi connectivity index (χ1v) is 12.3. The number of carbonyl (C=O) groups is 1. The molecule has 28 heavy (non-hydrogen) atoms. The topological polar surface area (TPSA) is 26.3 Å². The summed E-state index contributed by atoms with van der Waals surface area (Å²) in [5.41, 5.74) is 2.55. The van der Waals surface area contributed by atoms with Gasteiger partial charge in [0.05, 0.1) is 0 Å². The van der Waals surface area contributed by atoms with Crippen LogP contribution in [0.25, 0.3) is 0 Å². The van der Waals surface area contributed by atoms with E-state index in [-0.39, 0.29) is 0 Å². The van der Waals surface area contributed by atoms with Crippen LogP contribution in [0.5, 0.6) is 0 Å². The third-order valence-electron chi connectivity index (χ3n) is 10.6. The van der Waals surface area contributed by atoms with Gasteiger partial charge < -0.3 is 4.74 Å². The molecule has 5 rings (SSSR count). The Balaban J connectivity index is 1.48. The van der Waals surface area contributed by atoms with Gasteiger partial charge >= 0.3 is 0 Å². The molecule has 0 radical (unpaired) electrons. The highest BCUT2D eigenvalue weighted by Crippen LogP contribution is 2.81. The molecule has 0 amide bonds. The Kier molecular flexibility index (Phi) is 4.62. The quantitative estimate of drug-likeness (QED) is 0.539. The summed E-state index contributed by atoms with van der Waals surface area (Å²) < 4.78 is 5.87. The molecule has 0 aromatic carbocycles. The van der Waals surface area contributed by atoms with E-state index >= 15 is 0 Å². The Bertz CT molecular complexity index is 680. The molecule has 0 N–H and O–H groups in total. The van der Waals surface area contributed by atoms with Gasteiger partial charge in [0.15, 0.2) is 5.78 Å². The lowest BCUT2D eigenvalue weighted by atomic mass is 9.44. The summed E-state index contributed by atoms with van der Waals surface area (Å²) >= 11 is 0. The number of hydrogen-bond donors (Lipinski definition) is 0. The zero-order chi connectivity index (χ0) is 19.7. The molecule has 0 saturated heterocycles. The van der Waals surface area contributed by atoms with Crippen molar-refractivity contribution in [2.75, 3.05) is 13.2 Å². The highest BCUT2D eigenvalue weighted by molar-refractivity contribution is 5.91. The Labute approximate surface area is 171 Å². The van der Waals surface area contributed by atoms with E-state index in [1.54, 1.807) is 0 Å². The second-order valence-corrected chi connectivity index (χ2v) is 11.2. The van der Waals surface area contributed by atoms with Crippen molar-refractivity contribution in [3.63, 3.8) is 0 Å². The number of fused-ring (bicyclic) bond motifs is 7. The largest absolute Gasteiger partial charge is 0.382 e. The molecular weight excluding hydrogens is 344 g/mol. The highest BCUT2D eigenvalue weighted by atomic mass is 16.5. The average molecular weight is 385 g/mol. The van der Waals surface area contributed by atoms with E-state index in [9.17, 15) is 4.79 Å². The molecule has 0 spiro atoms. The molecule has 4 saturated carbocycles. The molecule has 0 aromatic heterocycles. The van der Waals surface area contributed by atoms with Crippen LogP contribution in [0.3, 0.4) is 0 Å². The maximum atomic E-state index is 12.0. The van der Waals surface area contributed by atoms with Crippen LogP contribution in [-0.4, -0.2) is 19.0 Å². The molecule has 156 valence electrons. The number of ether oxygens (including phenoxy) is 1. The fourth-order valence-corrected chi connectivity index (χ4v) is 9.49. The van der Waals surface area contributed by atoms with Gasteiger partial charge in [0.25, 0.3) is 0 Å². The molecule has 5 aliphatic rings. The van der Waals surface area contributed by atoms with Gasteiger partial charge in [-0.25, -0.2) is 0 Å². The van der Waals surface area contributed by atoms with Crippen molar-refractivity contribution in [2.24, 2.45) is 52.3 Å². The van der Waals surface area contributed by atoms with Crippen LogP contribution >= 0.6 is 0 Å². The van der Waals surface area contributed by atoms with Crippen LogP contribution in [0.2, 0.25) is 0 Å². The van der Waals surface area contributed by atoms with Crippen molar-refractivity contribution in [3.8, 4) is 0 Å². The maximum Gasteiger partial charge on any atom is 0.155 e. The molecule has 0 aliphatic heterocycles. The molecule has 0 heterocycles. The van der Waals surface area contributed by atoms with Crippen molar-refractivity contribution < 1.29 is 9.53 Å². The van der Waals surface area contributed by atoms with Crippen molar-refractivity contribution in [1.82, 2.24) is 0 Å². The highest BCUT2D eigenvalue weighted by Gasteiger charge is 2.74. The average Bonchev–Trinajstić information content (AvgIpc) is 3.44. The van der Waals surface area contributed by atoms with E-state index in [2.05, 4.69) is 33.8 Å². The summed E-state index contributed by atoms with van der Waals surface area (Å²) in [5, 5.41) is 0. The number of carbonyl (C=O) groups excluding carboxylic acids is 1. The Morgan fingerprint density at radius 1 is 1.21 bits per heavy atom. The predicted molar refractivity (Wildman–Crippen MR) is 113 cm³/mol. The van der Waals surface area contributed by atoms with Gasteiger partial charge in [-0.2, -0.15) is 0 Å². The third kappa shape index (κ3) is 2.45. The lowest BCUT2D eigenvalue weighted by molar-refractivity contribution is -0.121. The summed E-state index contributed by atoms with van der Waals surface area (Å²) in [6.45, 7) is 11.6. The minimum Gasteiger partial charge on any atom is -0.382 e. The normalized spacial score (nSPS) is 51.6.